The summed E-state index contributed by atoms with van der Waals surface area (Å²) in [4.78, 5) is 13.5. The van der Waals surface area contributed by atoms with Crippen LogP contribution in [0.1, 0.15) is 10.4 Å². The number of rotatable bonds is 5. The third-order valence-corrected chi connectivity index (χ3v) is 4.24. The summed E-state index contributed by atoms with van der Waals surface area (Å²) < 4.78 is 0. The summed E-state index contributed by atoms with van der Waals surface area (Å²) in [6.45, 7) is 3.90. The van der Waals surface area contributed by atoms with Crippen molar-refractivity contribution >= 4 is 35.0 Å². The number of carbonyl (C=O) groups is 1. The van der Waals surface area contributed by atoms with Gasteiger partial charge in [-0.05, 0) is 18.2 Å². The van der Waals surface area contributed by atoms with E-state index < -0.39 is 5.97 Å². The maximum absolute atomic E-state index is 11.1. The molecule has 0 aromatic heterocycles. The van der Waals surface area contributed by atoms with Crippen LogP contribution in [0.25, 0.3) is 0 Å². The first kappa shape index (κ1) is 14.5. The Morgan fingerprint density at radius 2 is 2.16 bits per heavy atom. The summed E-state index contributed by atoms with van der Waals surface area (Å²) in [5.41, 5.74) is 0.852. The average Bonchev–Trinajstić information content (AvgIpc) is 2.41. The molecule has 0 aliphatic carbocycles. The van der Waals surface area contributed by atoms with E-state index in [1.807, 2.05) is 11.8 Å². The fourth-order valence-electron chi connectivity index (χ4n) is 2.02. The number of halogens is 1. The fourth-order valence-corrected chi connectivity index (χ4v) is 3.17. The molecular formula is C13H17ClN2O2S. The second-order valence-electron chi connectivity index (χ2n) is 4.38. The Morgan fingerprint density at radius 1 is 1.42 bits per heavy atom. The van der Waals surface area contributed by atoms with Gasteiger partial charge in [-0.15, -0.1) is 0 Å². The largest absolute Gasteiger partial charge is 0.478 e. The standard InChI is InChI=1S/C13H17ClN2O2S/c14-10-1-2-12(11(9-10)13(17)18)15-3-4-16-5-7-19-8-6-16/h1-2,9,15H,3-8H2,(H,17,18). The SMILES string of the molecule is O=C(O)c1cc(Cl)ccc1NCCN1CCSCC1. The van der Waals surface area contributed by atoms with E-state index in [1.54, 1.807) is 12.1 Å². The maximum atomic E-state index is 11.1. The number of carboxylic acids is 1. The normalized spacial score (nSPS) is 16.3. The fraction of sp³-hybridized carbons (Fsp3) is 0.462. The number of aromatic carboxylic acids is 1. The summed E-state index contributed by atoms with van der Waals surface area (Å²) in [7, 11) is 0. The van der Waals surface area contributed by atoms with Gasteiger partial charge >= 0.3 is 5.97 Å². The first-order valence-electron chi connectivity index (χ1n) is 6.23. The van der Waals surface area contributed by atoms with E-state index in [0.29, 0.717) is 10.7 Å². The van der Waals surface area contributed by atoms with Gasteiger partial charge in [0.05, 0.1) is 5.56 Å². The molecule has 0 unspecified atom stereocenters. The van der Waals surface area contributed by atoms with E-state index >= 15 is 0 Å². The van der Waals surface area contributed by atoms with Gasteiger partial charge in [-0.1, -0.05) is 11.6 Å². The molecule has 1 fully saturated rings. The summed E-state index contributed by atoms with van der Waals surface area (Å²) in [5.74, 6) is 1.40. The van der Waals surface area contributed by atoms with E-state index in [9.17, 15) is 4.79 Å². The minimum Gasteiger partial charge on any atom is -0.478 e. The third kappa shape index (κ3) is 4.30. The van der Waals surface area contributed by atoms with Crippen molar-refractivity contribution in [3.05, 3.63) is 28.8 Å². The molecule has 0 atom stereocenters. The smallest absolute Gasteiger partial charge is 0.337 e. The molecular weight excluding hydrogens is 284 g/mol. The molecule has 1 saturated heterocycles. The number of thioether (sulfide) groups is 1. The van der Waals surface area contributed by atoms with Crippen LogP contribution in [0.15, 0.2) is 18.2 Å². The molecule has 2 N–H and O–H groups in total. The average molecular weight is 301 g/mol. The molecule has 0 amide bonds. The van der Waals surface area contributed by atoms with Gasteiger partial charge in [-0.3, -0.25) is 4.90 Å². The minimum atomic E-state index is -0.959. The summed E-state index contributed by atoms with van der Waals surface area (Å²) in [5, 5.41) is 12.7. The van der Waals surface area contributed by atoms with Crippen LogP contribution < -0.4 is 5.32 Å². The predicted octanol–water partition coefficient (Wildman–Crippen LogP) is 2.50. The van der Waals surface area contributed by atoms with Crippen LogP contribution in [0.2, 0.25) is 5.02 Å². The molecule has 0 radical (unpaired) electrons. The van der Waals surface area contributed by atoms with Gasteiger partial charge in [0.25, 0.3) is 0 Å². The van der Waals surface area contributed by atoms with Gasteiger partial charge < -0.3 is 10.4 Å². The lowest BCUT2D eigenvalue weighted by molar-refractivity contribution is 0.0698. The molecule has 1 aromatic rings. The number of anilines is 1. The first-order chi connectivity index (χ1) is 9.16. The van der Waals surface area contributed by atoms with Crippen molar-refractivity contribution in [1.29, 1.82) is 0 Å². The van der Waals surface area contributed by atoms with Crippen molar-refractivity contribution in [2.75, 3.05) is 43.0 Å². The lowest BCUT2D eigenvalue weighted by Gasteiger charge is -2.26. The van der Waals surface area contributed by atoms with Gasteiger partial charge in [0.1, 0.15) is 0 Å². The zero-order valence-corrected chi connectivity index (χ0v) is 12.1. The van der Waals surface area contributed by atoms with Gasteiger partial charge in [0, 0.05) is 48.4 Å². The van der Waals surface area contributed by atoms with Crippen LogP contribution in [0.4, 0.5) is 5.69 Å². The topological polar surface area (TPSA) is 52.6 Å². The highest BCUT2D eigenvalue weighted by molar-refractivity contribution is 7.99. The van der Waals surface area contributed by atoms with Crippen LogP contribution >= 0.6 is 23.4 Å². The Labute approximate surface area is 122 Å². The number of hydrogen-bond donors (Lipinski definition) is 2. The van der Waals surface area contributed by atoms with Gasteiger partial charge in [0.2, 0.25) is 0 Å². The maximum Gasteiger partial charge on any atom is 0.337 e. The Balaban J connectivity index is 1.89. The molecule has 104 valence electrons. The highest BCUT2D eigenvalue weighted by atomic mass is 35.5. The summed E-state index contributed by atoms with van der Waals surface area (Å²) >= 11 is 7.80. The minimum absolute atomic E-state index is 0.224. The van der Waals surface area contributed by atoms with Crippen LogP contribution in [0.5, 0.6) is 0 Å². The molecule has 6 heteroatoms. The molecule has 0 bridgehead atoms. The highest BCUT2D eigenvalue weighted by Crippen LogP contribution is 2.20. The van der Waals surface area contributed by atoms with Crippen molar-refractivity contribution < 1.29 is 9.90 Å². The van der Waals surface area contributed by atoms with E-state index in [4.69, 9.17) is 16.7 Å². The zero-order valence-electron chi connectivity index (χ0n) is 10.6. The van der Waals surface area contributed by atoms with Crippen LogP contribution in [0.3, 0.4) is 0 Å². The number of benzene rings is 1. The van der Waals surface area contributed by atoms with Crippen molar-refractivity contribution in [3.63, 3.8) is 0 Å². The van der Waals surface area contributed by atoms with E-state index in [-0.39, 0.29) is 5.56 Å². The summed E-state index contributed by atoms with van der Waals surface area (Å²) in [6, 6.07) is 4.90. The zero-order chi connectivity index (χ0) is 13.7. The summed E-state index contributed by atoms with van der Waals surface area (Å²) in [6.07, 6.45) is 0. The predicted molar refractivity (Wildman–Crippen MR) is 80.7 cm³/mol. The third-order valence-electron chi connectivity index (χ3n) is 3.06. The van der Waals surface area contributed by atoms with E-state index in [2.05, 4.69) is 10.2 Å². The van der Waals surface area contributed by atoms with Gasteiger partial charge in [0.15, 0.2) is 0 Å². The first-order valence-corrected chi connectivity index (χ1v) is 7.77. The van der Waals surface area contributed by atoms with Crippen LogP contribution in [0, 0.1) is 0 Å². The van der Waals surface area contributed by atoms with Gasteiger partial charge in [-0.2, -0.15) is 11.8 Å². The number of hydrogen-bond acceptors (Lipinski definition) is 4. The molecule has 1 aromatic carbocycles. The molecule has 0 saturated carbocycles. The second kappa shape index (κ2) is 7.03. The Morgan fingerprint density at radius 3 is 2.84 bits per heavy atom. The number of nitrogens with one attached hydrogen (secondary N) is 1. The quantitative estimate of drug-likeness (QED) is 0.875. The highest BCUT2D eigenvalue weighted by Gasteiger charge is 2.12. The molecule has 0 spiro atoms. The molecule has 4 nitrogen and oxygen atoms in total. The Bertz CT molecular complexity index is 450. The van der Waals surface area contributed by atoms with Crippen molar-refractivity contribution in [2.45, 2.75) is 0 Å². The van der Waals surface area contributed by atoms with Crippen molar-refractivity contribution in [1.82, 2.24) is 4.90 Å². The van der Waals surface area contributed by atoms with Crippen molar-refractivity contribution in [3.8, 4) is 0 Å². The van der Waals surface area contributed by atoms with Crippen LogP contribution in [-0.4, -0.2) is 53.7 Å². The van der Waals surface area contributed by atoms with E-state index in [0.717, 1.165) is 26.2 Å². The molecule has 1 aliphatic heterocycles. The molecule has 2 rings (SSSR count). The number of carboxylic acid groups (broad SMARTS) is 1. The molecule has 1 heterocycles. The number of nitrogens with zero attached hydrogens (tertiary/aromatic N) is 1. The lowest BCUT2D eigenvalue weighted by Crippen LogP contribution is -2.36. The lowest BCUT2D eigenvalue weighted by atomic mass is 10.2. The Hall–Kier alpha value is -0.910. The second-order valence-corrected chi connectivity index (χ2v) is 6.04. The molecule has 19 heavy (non-hydrogen) atoms. The van der Waals surface area contributed by atoms with Gasteiger partial charge in [-0.25, -0.2) is 4.79 Å². The molecule has 1 aliphatic rings. The monoisotopic (exact) mass is 300 g/mol. The Kier molecular flexibility index (Phi) is 5.36. The van der Waals surface area contributed by atoms with Crippen LogP contribution in [-0.2, 0) is 0 Å². The van der Waals surface area contributed by atoms with E-state index in [1.165, 1.54) is 17.6 Å². The van der Waals surface area contributed by atoms with Crippen molar-refractivity contribution in [2.24, 2.45) is 0 Å².